The van der Waals surface area contributed by atoms with Crippen LogP contribution in [0.2, 0.25) is 0 Å². The maximum absolute atomic E-state index is 13.7. The van der Waals surface area contributed by atoms with Gasteiger partial charge in [0.25, 0.3) is 0 Å². The standard InChI is InChI=1S/C20H18FN3O4/c1-3-16-14(11-23-24(16)19-6-4-5-9-22-19)20(26)28-12-17(25)13-7-8-18(27-2)15(21)10-13/h4-11H,3,12H2,1-2H3. The molecule has 2 aromatic heterocycles. The molecule has 0 saturated carbocycles. The number of carbonyl (C=O) groups is 2. The first-order valence-electron chi connectivity index (χ1n) is 8.57. The quantitative estimate of drug-likeness (QED) is 0.461. The highest BCUT2D eigenvalue weighted by molar-refractivity contribution is 5.99. The highest BCUT2D eigenvalue weighted by Gasteiger charge is 2.20. The van der Waals surface area contributed by atoms with Crippen LogP contribution in [-0.4, -0.2) is 40.2 Å². The fourth-order valence-corrected chi connectivity index (χ4v) is 2.69. The minimum Gasteiger partial charge on any atom is -0.494 e. The number of carbonyl (C=O) groups excluding carboxylic acids is 2. The molecule has 0 saturated heterocycles. The third-order valence-corrected chi connectivity index (χ3v) is 4.10. The summed E-state index contributed by atoms with van der Waals surface area (Å²) in [6.45, 7) is 1.36. The van der Waals surface area contributed by atoms with Gasteiger partial charge in [0.05, 0.1) is 19.0 Å². The smallest absolute Gasteiger partial charge is 0.342 e. The monoisotopic (exact) mass is 383 g/mol. The van der Waals surface area contributed by atoms with Crippen LogP contribution in [0.5, 0.6) is 5.75 Å². The number of Topliss-reactive ketones (excluding diaryl/α,β-unsaturated/α-hetero) is 1. The van der Waals surface area contributed by atoms with Crippen LogP contribution in [0.15, 0.2) is 48.8 Å². The molecule has 0 aliphatic heterocycles. The van der Waals surface area contributed by atoms with E-state index in [0.717, 1.165) is 6.07 Å². The molecule has 0 amide bonds. The maximum Gasteiger partial charge on any atom is 0.342 e. The Kier molecular flexibility index (Phi) is 5.78. The SMILES string of the molecule is CCc1c(C(=O)OCC(=O)c2ccc(OC)c(F)c2)cnn1-c1ccccn1. The molecule has 28 heavy (non-hydrogen) atoms. The van der Waals surface area contributed by atoms with Crippen molar-refractivity contribution in [1.29, 1.82) is 0 Å². The van der Waals surface area contributed by atoms with E-state index in [-0.39, 0.29) is 16.9 Å². The molecule has 144 valence electrons. The van der Waals surface area contributed by atoms with Crippen LogP contribution in [0.3, 0.4) is 0 Å². The van der Waals surface area contributed by atoms with Gasteiger partial charge in [0, 0.05) is 11.8 Å². The number of pyridine rings is 1. The van der Waals surface area contributed by atoms with Gasteiger partial charge in [0.1, 0.15) is 5.56 Å². The summed E-state index contributed by atoms with van der Waals surface area (Å²) in [5, 5.41) is 4.20. The predicted molar refractivity (Wildman–Crippen MR) is 98.3 cm³/mol. The Hall–Kier alpha value is -3.55. The Labute approximate surface area is 160 Å². The van der Waals surface area contributed by atoms with Gasteiger partial charge >= 0.3 is 5.97 Å². The van der Waals surface area contributed by atoms with E-state index < -0.39 is 24.2 Å². The Morgan fingerprint density at radius 2 is 2.04 bits per heavy atom. The molecule has 0 aliphatic carbocycles. The van der Waals surface area contributed by atoms with Crippen LogP contribution < -0.4 is 4.74 Å². The van der Waals surface area contributed by atoms with Gasteiger partial charge in [-0.2, -0.15) is 5.10 Å². The molecular formula is C20H18FN3O4. The van der Waals surface area contributed by atoms with Crippen molar-refractivity contribution < 1.29 is 23.5 Å². The highest BCUT2D eigenvalue weighted by atomic mass is 19.1. The molecule has 3 rings (SSSR count). The van der Waals surface area contributed by atoms with Crippen molar-refractivity contribution in [1.82, 2.24) is 14.8 Å². The van der Waals surface area contributed by atoms with E-state index in [1.54, 1.807) is 23.0 Å². The number of benzene rings is 1. The molecule has 0 fully saturated rings. The number of esters is 1. The molecule has 2 heterocycles. The first kappa shape index (κ1) is 19.2. The number of hydrogen-bond donors (Lipinski definition) is 0. The number of ketones is 1. The average Bonchev–Trinajstić information content (AvgIpc) is 3.16. The molecule has 3 aromatic rings. The Morgan fingerprint density at radius 3 is 2.68 bits per heavy atom. The molecule has 7 nitrogen and oxygen atoms in total. The summed E-state index contributed by atoms with van der Waals surface area (Å²) in [5.41, 5.74) is 0.958. The van der Waals surface area contributed by atoms with E-state index in [1.807, 2.05) is 13.0 Å². The van der Waals surface area contributed by atoms with Crippen LogP contribution in [0.1, 0.15) is 33.3 Å². The van der Waals surface area contributed by atoms with Gasteiger partial charge in [-0.25, -0.2) is 18.9 Å². The van der Waals surface area contributed by atoms with Gasteiger partial charge in [-0.1, -0.05) is 13.0 Å². The molecule has 8 heteroatoms. The lowest BCUT2D eigenvalue weighted by Gasteiger charge is -2.08. The lowest BCUT2D eigenvalue weighted by Crippen LogP contribution is -2.16. The summed E-state index contributed by atoms with van der Waals surface area (Å²) < 4.78 is 25.2. The molecule has 0 spiro atoms. The van der Waals surface area contributed by atoms with Gasteiger partial charge in [0.2, 0.25) is 0 Å². The van der Waals surface area contributed by atoms with Crippen molar-refractivity contribution in [2.45, 2.75) is 13.3 Å². The molecule has 0 unspecified atom stereocenters. The third kappa shape index (κ3) is 3.90. The van der Waals surface area contributed by atoms with E-state index in [9.17, 15) is 14.0 Å². The number of hydrogen-bond acceptors (Lipinski definition) is 6. The highest BCUT2D eigenvalue weighted by Crippen LogP contribution is 2.19. The molecule has 1 aromatic carbocycles. The zero-order chi connectivity index (χ0) is 20.1. The summed E-state index contributed by atoms with van der Waals surface area (Å²) in [6.07, 6.45) is 3.52. The molecule has 0 aliphatic rings. The van der Waals surface area contributed by atoms with Gasteiger partial charge in [-0.3, -0.25) is 4.79 Å². The van der Waals surface area contributed by atoms with Crippen LogP contribution >= 0.6 is 0 Å². The average molecular weight is 383 g/mol. The summed E-state index contributed by atoms with van der Waals surface area (Å²) in [4.78, 5) is 28.8. The third-order valence-electron chi connectivity index (χ3n) is 4.10. The first-order valence-corrected chi connectivity index (χ1v) is 8.57. The van der Waals surface area contributed by atoms with Crippen molar-refractivity contribution in [2.24, 2.45) is 0 Å². The second-order valence-corrected chi connectivity index (χ2v) is 5.81. The van der Waals surface area contributed by atoms with Crippen LogP contribution in [0, 0.1) is 5.82 Å². The zero-order valence-corrected chi connectivity index (χ0v) is 15.4. The van der Waals surface area contributed by atoms with Crippen LogP contribution in [-0.2, 0) is 11.2 Å². The Morgan fingerprint density at radius 1 is 1.21 bits per heavy atom. The minimum absolute atomic E-state index is 0.0306. The molecule has 0 radical (unpaired) electrons. The van der Waals surface area contributed by atoms with Crippen LogP contribution in [0.4, 0.5) is 4.39 Å². The lowest BCUT2D eigenvalue weighted by atomic mass is 10.1. The van der Waals surface area contributed by atoms with E-state index in [4.69, 9.17) is 9.47 Å². The number of methoxy groups -OCH3 is 1. The lowest BCUT2D eigenvalue weighted by molar-refractivity contribution is 0.0473. The second kappa shape index (κ2) is 8.43. The van der Waals surface area contributed by atoms with E-state index in [2.05, 4.69) is 10.1 Å². The van der Waals surface area contributed by atoms with Crippen molar-refractivity contribution >= 4 is 11.8 Å². The summed E-state index contributed by atoms with van der Waals surface area (Å²) in [7, 11) is 1.33. The fraction of sp³-hybridized carbons (Fsp3) is 0.200. The maximum atomic E-state index is 13.7. The number of aromatic nitrogens is 3. The Balaban J connectivity index is 1.72. The minimum atomic E-state index is -0.679. The predicted octanol–water partition coefficient (Wildman–Crippen LogP) is 3.02. The molecule has 0 atom stereocenters. The first-order chi connectivity index (χ1) is 13.5. The zero-order valence-electron chi connectivity index (χ0n) is 15.4. The number of halogens is 1. The number of rotatable bonds is 7. The van der Waals surface area contributed by atoms with E-state index >= 15 is 0 Å². The van der Waals surface area contributed by atoms with Crippen LogP contribution in [0.25, 0.3) is 5.82 Å². The van der Waals surface area contributed by atoms with E-state index in [0.29, 0.717) is 17.9 Å². The van der Waals surface area contributed by atoms with Gasteiger partial charge in [-0.05, 0) is 36.8 Å². The topological polar surface area (TPSA) is 83.3 Å². The number of nitrogens with zero attached hydrogens (tertiary/aromatic N) is 3. The summed E-state index contributed by atoms with van der Waals surface area (Å²) >= 11 is 0. The van der Waals surface area contributed by atoms with Crippen molar-refractivity contribution in [2.75, 3.05) is 13.7 Å². The van der Waals surface area contributed by atoms with Gasteiger partial charge < -0.3 is 9.47 Å². The van der Waals surface area contributed by atoms with Crippen molar-refractivity contribution in [3.63, 3.8) is 0 Å². The molecule has 0 N–H and O–H groups in total. The van der Waals surface area contributed by atoms with Gasteiger partial charge in [0.15, 0.2) is 29.8 Å². The Bertz CT molecular complexity index is 1000. The largest absolute Gasteiger partial charge is 0.494 e. The fourth-order valence-electron chi connectivity index (χ4n) is 2.69. The van der Waals surface area contributed by atoms with Crippen molar-refractivity contribution in [3.05, 3.63) is 71.4 Å². The normalized spacial score (nSPS) is 10.5. The van der Waals surface area contributed by atoms with Crippen molar-refractivity contribution in [3.8, 4) is 11.6 Å². The van der Waals surface area contributed by atoms with E-state index in [1.165, 1.54) is 25.4 Å². The molecule has 0 bridgehead atoms. The summed E-state index contributed by atoms with van der Waals surface area (Å²) in [5.74, 6) is -1.26. The summed E-state index contributed by atoms with van der Waals surface area (Å²) in [6, 6.07) is 9.16. The second-order valence-electron chi connectivity index (χ2n) is 5.81. The molecular weight excluding hydrogens is 365 g/mol. The number of ether oxygens (including phenoxy) is 2. The van der Waals surface area contributed by atoms with Gasteiger partial charge in [-0.15, -0.1) is 0 Å².